The van der Waals surface area contributed by atoms with Crippen molar-refractivity contribution in [1.29, 1.82) is 0 Å². The first kappa shape index (κ1) is 15.8. The van der Waals surface area contributed by atoms with E-state index in [1.807, 2.05) is 35.2 Å². The molecule has 0 radical (unpaired) electrons. The fraction of sp³-hybridized carbons (Fsp3) is 0.529. The molecule has 2 fully saturated rings. The molecule has 1 aromatic carbocycles. The van der Waals surface area contributed by atoms with Gasteiger partial charge in [0.25, 0.3) is 0 Å². The highest BCUT2D eigenvalue weighted by atomic mass is 16.2. The van der Waals surface area contributed by atoms with Gasteiger partial charge in [-0.05, 0) is 31.5 Å². The maximum Gasteiger partial charge on any atom is 0.317 e. The Bertz CT molecular complexity index is 549. The van der Waals surface area contributed by atoms with Crippen LogP contribution in [-0.4, -0.2) is 60.5 Å². The van der Waals surface area contributed by atoms with Crippen molar-refractivity contribution in [3.05, 3.63) is 30.3 Å². The zero-order valence-electron chi connectivity index (χ0n) is 13.3. The molecule has 23 heavy (non-hydrogen) atoms. The van der Waals surface area contributed by atoms with Crippen molar-refractivity contribution in [3.63, 3.8) is 0 Å². The third kappa shape index (κ3) is 4.22. The number of hydrogen-bond donors (Lipinski definition) is 2. The molecule has 0 spiro atoms. The minimum atomic E-state index is 0.0391. The van der Waals surface area contributed by atoms with E-state index in [1.165, 1.54) is 0 Å². The van der Waals surface area contributed by atoms with Crippen LogP contribution in [0.4, 0.5) is 10.5 Å². The number of likely N-dealkylation sites (tertiary alicyclic amines) is 1. The Morgan fingerprint density at radius 2 is 2.09 bits per heavy atom. The molecule has 2 N–H and O–H groups in total. The van der Waals surface area contributed by atoms with Crippen molar-refractivity contribution in [2.75, 3.05) is 38.0 Å². The van der Waals surface area contributed by atoms with Crippen LogP contribution in [-0.2, 0) is 4.79 Å². The summed E-state index contributed by atoms with van der Waals surface area (Å²) in [6.07, 6.45) is 2.61. The molecule has 6 nitrogen and oxygen atoms in total. The summed E-state index contributed by atoms with van der Waals surface area (Å²) < 4.78 is 0. The molecule has 6 heteroatoms. The third-order valence-electron chi connectivity index (χ3n) is 4.52. The predicted molar refractivity (Wildman–Crippen MR) is 89.3 cm³/mol. The van der Waals surface area contributed by atoms with Gasteiger partial charge in [-0.15, -0.1) is 0 Å². The first-order valence-corrected chi connectivity index (χ1v) is 8.34. The van der Waals surface area contributed by atoms with Gasteiger partial charge in [-0.2, -0.15) is 0 Å². The normalized spacial score (nSPS) is 22.0. The summed E-state index contributed by atoms with van der Waals surface area (Å²) in [6.45, 7) is 4.15. The van der Waals surface area contributed by atoms with Gasteiger partial charge in [0.15, 0.2) is 0 Å². The molecule has 2 aliphatic heterocycles. The lowest BCUT2D eigenvalue weighted by atomic mass is 10.0. The number of carbonyl (C=O) groups is 2. The molecule has 3 rings (SSSR count). The van der Waals surface area contributed by atoms with Crippen LogP contribution in [0.1, 0.15) is 19.3 Å². The van der Waals surface area contributed by atoms with Gasteiger partial charge in [0, 0.05) is 44.3 Å². The quantitative estimate of drug-likeness (QED) is 0.865. The number of nitrogens with one attached hydrogen (secondary N) is 2. The first-order valence-electron chi connectivity index (χ1n) is 8.34. The van der Waals surface area contributed by atoms with Crippen LogP contribution in [0.5, 0.6) is 0 Å². The van der Waals surface area contributed by atoms with Crippen LogP contribution in [0.2, 0.25) is 0 Å². The Hall–Kier alpha value is -2.08. The molecular weight excluding hydrogens is 292 g/mol. The van der Waals surface area contributed by atoms with Crippen molar-refractivity contribution >= 4 is 17.6 Å². The van der Waals surface area contributed by atoms with Gasteiger partial charge < -0.3 is 20.4 Å². The summed E-state index contributed by atoms with van der Waals surface area (Å²) in [5.41, 5.74) is 0.836. The molecule has 0 saturated carbocycles. The smallest absolute Gasteiger partial charge is 0.317 e. The van der Waals surface area contributed by atoms with Crippen LogP contribution in [0.25, 0.3) is 0 Å². The molecule has 1 aromatic rings. The molecule has 0 bridgehead atoms. The second-order valence-corrected chi connectivity index (χ2v) is 6.19. The highest BCUT2D eigenvalue weighted by Crippen LogP contribution is 2.18. The van der Waals surface area contributed by atoms with Gasteiger partial charge in [0.05, 0.1) is 0 Å². The Morgan fingerprint density at radius 1 is 1.26 bits per heavy atom. The fourth-order valence-electron chi connectivity index (χ4n) is 3.33. The standard InChI is InChI=1S/C17H24N4O2/c22-16(19-14-5-2-1-3-6-14)8-11-20-10-4-7-15(13-20)21-12-9-18-17(21)23/h1-3,5-6,15H,4,7-13H2,(H,18,23)(H,19,22). The summed E-state index contributed by atoms with van der Waals surface area (Å²) in [4.78, 5) is 28.1. The lowest BCUT2D eigenvalue weighted by Crippen LogP contribution is -2.49. The van der Waals surface area contributed by atoms with E-state index < -0.39 is 0 Å². The average Bonchev–Trinajstić information content (AvgIpc) is 3.00. The molecule has 0 aromatic heterocycles. The highest BCUT2D eigenvalue weighted by molar-refractivity contribution is 5.90. The van der Waals surface area contributed by atoms with E-state index in [1.54, 1.807) is 0 Å². The van der Waals surface area contributed by atoms with Gasteiger partial charge >= 0.3 is 6.03 Å². The Kier molecular flexibility index (Phi) is 5.12. The number of nitrogens with zero attached hydrogens (tertiary/aromatic N) is 2. The van der Waals surface area contributed by atoms with E-state index in [-0.39, 0.29) is 18.0 Å². The lowest BCUT2D eigenvalue weighted by molar-refractivity contribution is -0.116. The van der Waals surface area contributed by atoms with E-state index in [2.05, 4.69) is 15.5 Å². The number of piperidine rings is 1. The van der Waals surface area contributed by atoms with Crippen LogP contribution in [0.3, 0.4) is 0 Å². The number of anilines is 1. The summed E-state index contributed by atoms with van der Waals surface area (Å²) in [6, 6.07) is 9.86. The monoisotopic (exact) mass is 316 g/mol. The van der Waals surface area contributed by atoms with Gasteiger partial charge in [0.2, 0.25) is 5.91 Å². The average molecular weight is 316 g/mol. The summed E-state index contributed by atoms with van der Waals surface area (Å²) in [5, 5.41) is 5.78. The van der Waals surface area contributed by atoms with Crippen molar-refractivity contribution in [2.24, 2.45) is 0 Å². The zero-order valence-corrected chi connectivity index (χ0v) is 13.3. The van der Waals surface area contributed by atoms with Crippen LogP contribution in [0.15, 0.2) is 30.3 Å². The minimum Gasteiger partial charge on any atom is -0.336 e. The van der Waals surface area contributed by atoms with Gasteiger partial charge in [-0.3, -0.25) is 4.79 Å². The number of hydrogen-bond acceptors (Lipinski definition) is 3. The largest absolute Gasteiger partial charge is 0.336 e. The summed E-state index contributed by atoms with van der Waals surface area (Å²) in [5.74, 6) is 0.0391. The van der Waals surface area contributed by atoms with E-state index in [0.717, 1.165) is 51.3 Å². The molecule has 3 amide bonds. The van der Waals surface area contributed by atoms with Gasteiger partial charge in [-0.1, -0.05) is 18.2 Å². The van der Waals surface area contributed by atoms with Crippen molar-refractivity contribution < 1.29 is 9.59 Å². The van der Waals surface area contributed by atoms with E-state index in [9.17, 15) is 9.59 Å². The molecule has 2 saturated heterocycles. The molecule has 124 valence electrons. The van der Waals surface area contributed by atoms with Crippen LogP contribution in [0, 0.1) is 0 Å². The minimum absolute atomic E-state index is 0.0391. The van der Waals surface area contributed by atoms with Crippen LogP contribution < -0.4 is 10.6 Å². The van der Waals surface area contributed by atoms with E-state index in [0.29, 0.717) is 6.42 Å². The summed E-state index contributed by atoms with van der Waals surface area (Å²) >= 11 is 0. The number of rotatable bonds is 5. The molecule has 0 aliphatic carbocycles. The molecule has 2 heterocycles. The van der Waals surface area contributed by atoms with Gasteiger partial charge in [-0.25, -0.2) is 4.79 Å². The lowest BCUT2D eigenvalue weighted by Gasteiger charge is -2.36. The molecule has 2 aliphatic rings. The second-order valence-electron chi connectivity index (χ2n) is 6.19. The highest BCUT2D eigenvalue weighted by Gasteiger charge is 2.31. The number of benzene rings is 1. The van der Waals surface area contributed by atoms with Crippen molar-refractivity contribution in [1.82, 2.24) is 15.1 Å². The van der Waals surface area contributed by atoms with E-state index >= 15 is 0 Å². The zero-order chi connectivity index (χ0) is 16.1. The number of amides is 3. The Morgan fingerprint density at radius 3 is 2.83 bits per heavy atom. The maximum atomic E-state index is 12.0. The van der Waals surface area contributed by atoms with Crippen molar-refractivity contribution in [3.8, 4) is 0 Å². The second kappa shape index (κ2) is 7.46. The Balaban J connectivity index is 1.44. The molecule has 1 unspecified atom stereocenters. The number of carbonyl (C=O) groups excluding carboxylic acids is 2. The SMILES string of the molecule is O=C(CCN1CCCC(N2CCNC2=O)C1)Nc1ccccc1. The van der Waals surface area contributed by atoms with Crippen molar-refractivity contribution in [2.45, 2.75) is 25.3 Å². The molecule has 1 atom stereocenters. The third-order valence-corrected chi connectivity index (χ3v) is 4.52. The van der Waals surface area contributed by atoms with Crippen LogP contribution >= 0.6 is 0 Å². The maximum absolute atomic E-state index is 12.0. The topological polar surface area (TPSA) is 64.7 Å². The Labute approximate surface area is 136 Å². The summed E-state index contributed by atoms with van der Waals surface area (Å²) in [7, 11) is 0. The number of para-hydroxylation sites is 1. The number of urea groups is 1. The molecular formula is C17H24N4O2. The van der Waals surface area contributed by atoms with Gasteiger partial charge in [0.1, 0.15) is 0 Å². The first-order chi connectivity index (χ1) is 11.2. The predicted octanol–water partition coefficient (Wildman–Crippen LogP) is 1.50. The fourth-order valence-corrected chi connectivity index (χ4v) is 3.33. The van der Waals surface area contributed by atoms with E-state index in [4.69, 9.17) is 0 Å².